The van der Waals surface area contributed by atoms with Crippen molar-refractivity contribution < 1.29 is 28.7 Å². The summed E-state index contributed by atoms with van der Waals surface area (Å²) in [5.41, 5.74) is 2.90. The van der Waals surface area contributed by atoms with Gasteiger partial charge in [-0.25, -0.2) is 0 Å². The molecule has 0 spiro atoms. The summed E-state index contributed by atoms with van der Waals surface area (Å²) in [4.78, 5) is 34.8. The maximum absolute atomic E-state index is 12.9. The van der Waals surface area contributed by atoms with Crippen molar-refractivity contribution in [2.75, 3.05) is 25.6 Å². The lowest BCUT2D eigenvalue weighted by molar-refractivity contribution is -0.384. The third kappa shape index (κ3) is 5.26. The van der Waals surface area contributed by atoms with E-state index in [1.807, 2.05) is 6.07 Å². The van der Waals surface area contributed by atoms with Crippen molar-refractivity contribution in [3.05, 3.63) is 81.9 Å². The zero-order valence-electron chi connectivity index (χ0n) is 20.5. The Balaban J connectivity index is 1.29. The number of nitro groups is 1. The average molecular weight is 517 g/mol. The Morgan fingerprint density at radius 2 is 1.84 bits per heavy atom. The fourth-order valence-electron chi connectivity index (χ4n) is 4.22. The second-order valence-electron chi connectivity index (χ2n) is 8.64. The molecule has 0 atom stereocenters. The number of methoxy groups -OCH3 is 1. The molecule has 1 aliphatic heterocycles. The zero-order chi connectivity index (χ0) is 26.6. The molecule has 0 fully saturated rings. The SMILES string of the molecule is COc1ccc2c(c1)c(OCC(=O)c1ccc3c(c1)CCC(=O)N3)nn2CCOc1ccc([N+](=O)[O-])cc1. The van der Waals surface area contributed by atoms with Gasteiger partial charge in [-0.3, -0.25) is 24.4 Å². The molecule has 0 bridgehead atoms. The molecule has 0 unspecified atom stereocenters. The number of benzene rings is 3. The van der Waals surface area contributed by atoms with Crippen molar-refractivity contribution in [2.24, 2.45) is 0 Å². The molecule has 38 heavy (non-hydrogen) atoms. The Morgan fingerprint density at radius 1 is 1.05 bits per heavy atom. The Morgan fingerprint density at radius 3 is 2.61 bits per heavy atom. The molecule has 0 radical (unpaired) electrons. The topological polar surface area (TPSA) is 135 Å². The smallest absolute Gasteiger partial charge is 0.269 e. The second-order valence-corrected chi connectivity index (χ2v) is 8.64. The van der Waals surface area contributed by atoms with E-state index in [9.17, 15) is 19.7 Å². The Labute approximate surface area is 217 Å². The fourth-order valence-corrected chi connectivity index (χ4v) is 4.22. The van der Waals surface area contributed by atoms with Crippen molar-refractivity contribution in [1.82, 2.24) is 9.78 Å². The molecule has 0 aliphatic carbocycles. The van der Waals surface area contributed by atoms with E-state index >= 15 is 0 Å². The fraction of sp³-hybridized carbons (Fsp3) is 0.222. The predicted molar refractivity (Wildman–Crippen MR) is 138 cm³/mol. The first-order valence-corrected chi connectivity index (χ1v) is 11.9. The van der Waals surface area contributed by atoms with Gasteiger partial charge in [0.15, 0.2) is 12.4 Å². The van der Waals surface area contributed by atoms with E-state index in [0.29, 0.717) is 41.8 Å². The first-order chi connectivity index (χ1) is 18.4. The van der Waals surface area contributed by atoms with Crippen LogP contribution in [0.25, 0.3) is 10.9 Å². The number of ether oxygens (including phenoxy) is 3. The molecule has 1 aliphatic rings. The average Bonchev–Trinajstić information content (AvgIpc) is 3.28. The summed E-state index contributed by atoms with van der Waals surface area (Å²) in [6.45, 7) is 0.409. The van der Waals surface area contributed by atoms with Crippen LogP contribution in [0.1, 0.15) is 22.3 Å². The number of nitrogens with one attached hydrogen (secondary N) is 1. The van der Waals surface area contributed by atoms with Gasteiger partial charge in [-0.05, 0) is 60.5 Å². The van der Waals surface area contributed by atoms with E-state index < -0.39 is 4.92 Å². The summed E-state index contributed by atoms with van der Waals surface area (Å²) in [6, 6.07) is 16.5. The van der Waals surface area contributed by atoms with Gasteiger partial charge in [0.1, 0.15) is 18.1 Å². The number of amides is 1. The van der Waals surface area contributed by atoms with Crippen molar-refractivity contribution >= 4 is 34.0 Å². The normalized spacial score (nSPS) is 12.5. The number of aromatic nitrogens is 2. The number of non-ortho nitro benzene ring substituents is 1. The lowest BCUT2D eigenvalue weighted by Gasteiger charge is -2.17. The minimum Gasteiger partial charge on any atom is -0.497 e. The van der Waals surface area contributed by atoms with Crippen LogP contribution in [0.2, 0.25) is 0 Å². The van der Waals surface area contributed by atoms with Gasteiger partial charge in [0, 0.05) is 29.8 Å². The standard InChI is InChI=1S/C27H24N4O7/c1-36-21-8-10-24-22(15-21)27(29-30(24)12-13-37-20-6-4-19(5-7-20)31(34)35)38-16-25(32)18-2-9-23-17(14-18)3-11-26(33)28-23/h2,4-10,14-15H,3,11-13,16H2,1H3,(H,28,33). The summed E-state index contributed by atoms with van der Waals surface area (Å²) in [5, 5.41) is 18.9. The van der Waals surface area contributed by atoms with Crippen molar-refractivity contribution in [3.8, 4) is 17.4 Å². The molecule has 4 aromatic rings. The first kappa shape index (κ1) is 24.8. The van der Waals surface area contributed by atoms with E-state index in [-0.39, 0.29) is 36.5 Å². The molecule has 3 aromatic carbocycles. The maximum atomic E-state index is 12.9. The number of carbonyl (C=O) groups is 2. The largest absolute Gasteiger partial charge is 0.497 e. The predicted octanol–water partition coefficient (Wildman–Crippen LogP) is 4.18. The molecular weight excluding hydrogens is 492 g/mol. The third-order valence-corrected chi connectivity index (χ3v) is 6.21. The number of aryl methyl sites for hydroxylation is 1. The molecule has 1 aromatic heterocycles. The number of hydrogen-bond acceptors (Lipinski definition) is 8. The number of hydrogen-bond donors (Lipinski definition) is 1. The Kier molecular flexibility index (Phi) is 6.90. The van der Waals surface area contributed by atoms with Crippen LogP contribution in [0.5, 0.6) is 17.4 Å². The molecule has 5 rings (SSSR count). The maximum Gasteiger partial charge on any atom is 0.269 e. The number of nitro benzene ring substituents is 1. The summed E-state index contributed by atoms with van der Waals surface area (Å²) < 4.78 is 18.6. The van der Waals surface area contributed by atoms with Gasteiger partial charge in [-0.15, -0.1) is 5.10 Å². The van der Waals surface area contributed by atoms with Crippen LogP contribution in [0.15, 0.2) is 60.7 Å². The van der Waals surface area contributed by atoms with Gasteiger partial charge >= 0.3 is 0 Å². The summed E-state index contributed by atoms with van der Waals surface area (Å²) >= 11 is 0. The minimum absolute atomic E-state index is 0.0112. The van der Waals surface area contributed by atoms with E-state index in [1.54, 1.807) is 54.3 Å². The number of Topliss-reactive ketones (excluding diaryl/α,β-unsaturated/α-hetero) is 1. The first-order valence-electron chi connectivity index (χ1n) is 11.9. The third-order valence-electron chi connectivity index (χ3n) is 6.21. The van der Waals surface area contributed by atoms with Crippen LogP contribution >= 0.6 is 0 Å². The highest BCUT2D eigenvalue weighted by Crippen LogP contribution is 2.30. The van der Waals surface area contributed by atoms with Gasteiger partial charge in [-0.2, -0.15) is 0 Å². The molecule has 0 saturated carbocycles. The molecular formula is C27H24N4O7. The Bertz CT molecular complexity index is 1530. The number of carbonyl (C=O) groups excluding carboxylic acids is 2. The van der Waals surface area contributed by atoms with Gasteiger partial charge in [0.25, 0.3) is 5.69 Å². The monoisotopic (exact) mass is 516 g/mol. The molecule has 1 amide bonds. The van der Waals surface area contributed by atoms with Crippen LogP contribution in [0.4, 0.5) is 11.4 Å². The van der Waals surface area contributed by atoms with E-state index in [0.717, 1.165) is 16.8 Å². The molecule has 2 heterocycles. The van der Waals surface area contributed by atoms with Crippen molar-refractivity contribution in [3.63, 3.8) is 0 Å². The zero-order valence-corrected chi connectivity index (χ0v) is 20.5. The van der Waals surface area contributed by atoms with Gasteiger partial charge in [0.2, 0.25) is 11.8 Å². The highest BCUT2D eigenvalue weighted by molar-refractivity contribution is 6.00. The quantitative estimate of drug-likeness (QED) is 0.188. The van der Waals surface area contributed by atoms with Crippen LogP contribution in [0, 0.1) is 10.1 Å². The number of ketones is 1. The van der Waals surface area contributed by atoms with Gasteiger partial charge in [0.05, 0.1) is 29.5 Å². The van der Waals surface area contributed by atoms with E-state index in [4.69, 9.17) is 14.2 Å². The molecule has 0 saturated heterocycles. The number of rotatable bonds is 10. The number of anilines is 1. The molecule has 11 heteroatoms. The highest BCUT2D eigenvalue weighted by Gasteiger charge is 2.19. The number of nitrogens with zero attached hydrogens (tertiary/aromatic N) is 3. The van der Waals surface area contributed by atoms with Crippen LogP contribution in [-0.4, -0.2) is 46.7 Å². The van der Waals surface area contributed by atoms with Crippen molar-refractivity contribution in [2.45, 2.75) is 19.4 Å². The van der Waals surface area contributed by atoms with Gasteiger partial charge in [-0.1, -0.05) is 0 Å². The van der Waals surface area contributed by atoms with E-state index in [1.165, 1.54) is 12.1 Å². The van der Waals surface area contributed by atoms with E-state index in [2.05, 4.69) is 10.4 Å². The summed E-state index contributed by atoms with van der Waals surface area (Å²) in [6.07, 6.45) is 0.972. The van der Waals surface area contributed by atoms with Crippen LogP contribution in [-0.2, 0) is 17.8 Å². The molecule has 11 nitrogen and oxygen atoms in total. The Hall–Kier alpha value is -4.93. The lowest BCUT2D eigenvalue weighted by atomic mass is 9.99. The highest BCUT2D eigenvalue weighted by atomic mass is 16.6. The van der Waals surface area contributed by atoms with Crippen LogP contribution < -0.4 is 19.5 Å². The van der Waals surface area contributed by atoms with Crippen LogP contribution in [0.3, 0.4) is 0 Å². The summed E-state index contributed by atoms with van der Waals surface area (Å²) in [5.74, 6) is 1.16. The second kappa shape index (κ2) is 10.6. The molecule has 1 N–H and O–H groups in total. The minimum atomic E-state index is -0.467. The molecule has 194 valence electrons. The van der Waals surface area contributed by atoms with Gasteiger partial charge < -0.3 is 19.5 Å². The lowest BCUT2D eigenvalue weighted by Crippen LogP contribution is -2.20. The number of fused-ring (bicyclic) bond motifs is 2. The van der Waals surface area contributed by atoms with Crippen molar-refractivity contribution in [1.29, 1.82) is 0 Å². The summed E-state index contributed by atoms with van der Waals surface area (Å²) in [7, 11) is 1.56.